The summed E-state index contributed by atoms with van der Waals surface area (Å²) in [6, 6.07) is 7.30. The third-order valence-corrected chi connectivity index (χ3v) is 5.78. The van der Waals surface area contributed by atoms with Crippen LogP contribution in [0, 0.1) is 5.92 Å². The molecule has 0 aromatic heterocycles. The minimum absolute atomic E-state index is 0.370. The Balaban J connectivity index is 2.03. The Morgan fingerprint density at radius 2 is 1.80 bits per heavy atom. The smallest absolute Gasteiger partial charge is 0.282 e. The molecule has 1 aromatic carbocycles. The van der Waals surface area contributed by atoms with Crippen molar-refractivity contribution < 1.29 is 8.42 Å². The van der Waals surface area contributed by atoms with Crippen LogP contribution in [0.25, 0.3) is 0 Å². The zero-order valence-corrected chi connectivity index (χ0v) is 12.9. The first-order valence-electron chi connectivity index (χ1n) is 6.95. The Labute approximate surface area is 121 Å². The van der Waals surface area contributed by atoms with E-state index in [1.54, 1.807) is 23.5 Å². The van der Waals surface area contributed by atoms with Crippen LogP contribution in [-0.4, -0.2) is 37.2 Å². The van der Waals surface area contributed by atoms with Crippen LogP contribution in [0.3, 0.4) is 0 Å². The lowest BCUT2D eigenvalue weighted by molar-refractivity contribution is 0.269. The summed E-state index contributed by atoms with van der Waals surface area (Å²) in [7, 11) is -1.73. The number of nitrogen functional groups attached to an aromatic ring is 1. The highest BCUT2D eigenvalue weighted by molar-refractivity contribution is 7.86. The number of anilines is 1. The molecule has 1 fully saturated rings. The number of hydrogen-bond donors (Lipinski definition) is 1. The molecule has 2 N–H and O–H groups in total. The molecule has 1 saturated heterocycles. The topological polar surface area (TPSA) is 66.6 Å². The van der Waals surface area contributed by atoms with E-state index in [9.17, 15) is 8.42 Å². The summed E-state index contributed by atoms with van der Waals surface area (Å²) in [6.45, 7) is 3.78. The summed E-state index contributed by atoms with van der Waals surface area (Å²) < 4.78 is 28.0. The summed E-state index contributed by atoms with van der Waals surface area (Å²) >= 11 is 0. The molecule has 0 aliphatic carbocycles. The summed E-state index contributed by atoms with van der Waals surface area (Å²) in [5, 5.41) is 0. The molecule has 5 nitrogen and oxygen atoms in total. The monoisotopic (exact) mass is 297 g/mol. The average molecular weight is 297 g/mol. The van der Waals surface area contributed by atoms with E-state index in [0.29, 0.717) is 31.2 Å². The number of nitrogens with two attached hydrogens (primary N) is 1. The van der Waals surface area contributed by atoms with Gasteiger partial charge in [-0.25, -0.2) is 0 Å². The van der Waals surface area contributed by atoms with Crippen molar-refractivity contribution >= 4 is 15.9 Å². The third kappa shape index (κ3) is 3.50. The number of benzene rings is 1. The van der Waals surface area contributed by atoms with Crippen molar-refractivity contribution in [1.29, 1.82) is 0 Å². The zero-order valence-electron chi connectivity index (χ0n) is 12.1. The van der Waals surface area contributed by atoms with Crippen molar-refractivity contribution in [2.24, 2.45) is 5.92 Å². The number of hydrogen-bond acceptors (Lipinski definition) is 3. The van der Waals surface area contributed by atoms with Crippen molar-refractivity contribution in [2.45, 2.75) is 26.3 Å². The summed E-state index contributed by atoms with van der Waals surface area (Å²) in [5.74, 6) is 0.615. The van der Waals surface area contributed by atoms with Crippen LogP contribution in [-0.2, 0) is 16.8 Å². The molecule has 0 atom stereocenters. The lowest BCUT2D eigenvalue weighted by Crippen LogP contribution is -2.45. The average Bonchev–Trinajstić information content (AvgIpc) is 2.42. The Kier molecular flexibility index (Phi) is 4.67. The highest BCUT2D eigenvalue weighted by Gasteiger charge is 2.29. The Morgan fingerprint density at radius 3 is 2.35 bits per heavy atom. The Bertz CT molecular complexity index is 534. The molecule has 112 valence electrons. The van der Waals surface area contributed by atoms with Crippen molar-refractivity contribution in [2.75, 3.05) is 25.9 Å². The van der Waals surface area contributed by atoms with E-state index in [1.807, 2.05) is 12.1 Å². The fourth-order valence-corrected chi connectivity index (χ4v) is 3.75. The van der Waals surface area contributed by atoms with Gasteiger partial charge in [0.05, 0.1) is 0 Å². The summed E-state index contributed by atoms with van der Waals surface area (Å²) in [6.07, 6.45) is 1.88. The Hall–Kier alpha value is -1.11. The first-order chi connectivity index (χ1) is 9.39. The molecule has 0 radical (unpaired) electrons. The SMILES string of the molecule is CC1CCN(S(=O)(=O)N(C)Cc2ccc(N)cc2)CC1. The maximum atomic E-state index is 12.5. The maximum absolute atomic E-state index is 12.5. The normalized spacial score (nSPS) is 18.6. The Morgan fingerprint density at radius 1 is 1.25 bits per heavy atom. The lowest BCUT2D eigenvalue weighted by atomic mass is 10.0. The van der Waals surface area contributed by atoms with Gasteiger partial charge in [0.1, 0.15) is 0 Å². The van der Waals surface area contributed by atoms with E-state index in [4.69, 9.17) is 5.73 Å². The molecule has 2 rings (SSSR count). The molecule has 20 heavy (non-hydrogen) atoms. The quantitative estimate of drug-likeness (QED) is 0.860. The largest absolute Gasteiger partial charge is 0.399 e. The van der Waals surface area contributed by atoms with Gasteiger partial charge in [0.15, 0.2) is 0 Å². The van der Waals surface area contributed by atoms with E-state index in [2.05, 4.69) is 6.92 Å². The van der Waals surface area contributed by atoms with E-state index >= 15 is 0 Å². The van der Waals surface area contributed by atoms with Gasteiger partial charge in [-0.15, -0.1) is 0 Å². The van der Waals surface area contributed by atoms with Crippen LogP contribution in [0.5, 0.6) is 0 Å². The van der Waals surface area contributed by atoms with Crippen LogP contribution in [0.15, 0.2) is 24.3 Å². The summed E-state index contributed by atoms with van der Waals surface area (Å²) in [4.78, 5) is 0. The van der Waals surface area contributed by atoms with Crippen LogP contribution in [0.2, 0.25) is 0 Å². The van der Waals surface area contributed by atoms with Gasteiger partial charge in [0, 0.05) is 32.4 Å². The highest BCUT2D eigenvalue weighted by atomic mass is 32.2. The molecule has 6 heteroatoms. The van der Waals surface area contributed by atoms with Gasteiger partial charge in [0.25, 0.3) is 10.2 Å². The van der Waals surface area contributed by atoms with E-state index in [-0.39, 0.29) is 0 Å². The number of nitrogens with zero attached hydrogens (tertiary/aromatic N) is 2. The lowest BCUT2D eigenvalue weighted by Gasteiger charge is -2.32. The standard InChI is InChI=1S/C14H23N3O2S/c1-12-7-9-17(10-8-12)20(18,19)16(2)11-13-3-5-14(15)6-4-13/h3-6,12H,7-11,15H2,1-2H3. The number of rotatable bonds is 4. The first kappa shape index (κ1) is 15.3. The molecular weight excluding hydrogens is 274 g/mol. The van der Waals surface area contributed by atoms with Gasteiger partial charge in [0.2, 0.25) is 0 Å². The fraction of sp³-hybridized carbons (Fsp3) is 0.571. The van der Waals surface area contributed by atoms with E-state index < -0.39 is 10.2 Å². The second kappa shape index (κ2) is 6.11. The predicted molar refractivity (Wildman–Crippen MR) is 81.2 cm³/mol. The first-order valence-corrected chi connectivity index (χ1v) is 8.35. The van der Waals surface area contributed by atoms with Crippen LogP contribution in [0.4, 0.5) is 5.69 Å². The highest BCUT2D eigenvalue weighted by Crippen LogP contribution is 2.21. The number of piperidine rings is 1. The van der Waals surface area contributed by atoms with E-state index in [0.717, 1.165) is 18.4 Å². The van der Waals surface area contributed by atoms with Crippen LogP contribution < -0.4 is 5.73 Å². The predicted octanol–water partition coefficient (Wildman–Crippen LogP) is 1.68. The minimum Gasteiger partial charge on any atom is -0.399 e. The molecule has 0 amide bonds. The molecule has 0 saturated carbocycles. The molecule has 1 heterocycles. The van der Waals surface area contributed by atoms with Gasteiger partial charge in [-0.3, -0.25) is 0 Å². The molecule has 0 bridgehead atoms. The molecule has 1 aliphatic heterocycles. The second-order valence-electron chi connectivity index (χ2n) is 5.59. The molecule has 0 spiro atoms. The van der Waals surface area contributed by atoms with Crippen molar-refractivity contribution in [1.82, 2.24) is 8.61 Å². The molecule has 1 aromatic rings. The molecule has 0 unspecified atom stereocenters. The van der Waals surface area contributed by atoms with Crippen molar-refractivity contribution in [3.8, 4) is 0 Å². The third-order valence-electron chi connectivity index (χ3n) is 3.85. The van der Waals surface area contributed by atoms with Crippen LogP contribution in [0.1, 0.15) is 25.3 Å². The van der Waals surface area contributed by atoms with Gasteiger partial charge in [-0.2, -0.15) is 17.0 Å². The fourth-order valence-electron chi connectivity index (χ4n) is 2.37. The van der Waals surface area contributed by atoms with Gasteiger partial charge in [-0.1, -0.05) is 19.1 Å². The second-order valence-corrected chi connectivity index (χ2v) is 7.62. The van der Waals surface area contributed by atoms with Crippen molar-refractivity contribution in [3.63, 3.8) is 0 Å². The summed E-state index contributed by atoms with van der Waals surface area (Å²) in [5.41, 5.74) is 7.26. The van der Waals surface area contributed by atoms with Crippen molar-refractivity contribution in [3.05, 3.63) is 29.8 Å². The maximum Gasteiger partial charge on any atom is 0.282 e. The van der Waals surface area contributed by atoms with Crippen LogP contribution >= 0.6 is 0 Å². The van der Waals surface area contributed by atoms with Gasteiger partial charge >= 0.3 is 0 Å². The zero-order chi connectivity index (χ0) is 14.8. The van der Waals surface area contributed by atoms with E-state index in [1.165, 1.54) is 4.31 Å². The molecule has 1 aliphatic rings. The minimum atomic E-state index is -3.36. The molecular formula is C14H23N3O2S. The van der Waals surface area contributed by atoms with Gasteiger partial charge in [-0.05, 0) is 36.5 Å². The van der Waals surface area contributed by atoms with Gasteiger partial charge < -0.3 is 5.73 Å².